The number of benzene rings is 1. The first-order chi connectivity index (χ1) is 10.1. The molecular weight excluding hydrogens is 290 g/mol. The van der Waals surface area contributed by atoms with Crippen LogP contribution in [0.4, 0.5) is 0 Å². The van der Waals surface area contributed by atoms with Gasteiger partial charge in [-0.05, 0) is 31.0 Å². The van der Waals surface area contributed by atoms with E-state index in [9.17, 15) is 4.79 Å². The van der Waals surface area contributed by atoms with Crippen molar-refractivity contribution in [2.45, 2.75) is 32.7 Å². The molecule has 0 saturated carbocycles. The number of amides is 1. The zero-order valence-electron chi connectivity index (χ0n) is 13.2. The van der Waals surface area contributed by atoms with Crippen molar-refractivity contribution in [2.24, 2.45) is 0 Å². The number of halogens is 1. The molecule has 0 aliphatic carbocycles. The van der Waals surface area contributed by atoms with Crippen LogP contribution in [0.25, 0.3) is 0 Å². The fourth-order valence-corrected chi connectivity index (χ4v) is 2.59. The van der Waals surface area contributed by atoms with E-state index in [1.807, 2.05) is 4.90 Å². The predicted molar refractivity (Wildman–Crippen MR) is 85.7 cm³/mol. The lowest BCUT2D eigenvalue weighted by Gasteiger charge is -2.30. The topological polar surface area (TPSA) is 38.8 Å². The number of hydrogen-bond acceptors (Lipinski definition) is 3. The molecule has 1 rings (SSSR count). The summed E-state index contributed by atoms with van der Waals surface area (Å²) in [5, 5.41) is 0. The van der Waals surface area contributed by atoms with Gasteiger partial charge in [0.05, 0.1) is 19.8 Å². The van der Waals surface area contributed by atoms with Gasteiger partial charge in [0.1, 0.15) is 11.5 Å². The molecule has 0 spiro atoms. The van der Waals surface area contributed by atoms with Crippen molar-refractivity contribution in [3.8, 4) is 11.5 Å². The lowest BCUT2D eigenvalue weighted by molar-refractivity contribution is 0.0678. The Balaban J connectivity index is 3.18. The third kappa shape index (κ3) is 4.27. The van der Waals surface area contributed by atoms with E-state index in [1.165, 1.54) is 0 Å². The summed E-state index contributed by atoms with van der Waals surface area (Å²) in [5.41, 5.74) is 0.508. The van der Waals surface area contributed by atoms with Gasteiger partial charge in [-0.2, -0.15) is 0 Å². The average Bonchev–Trinajstić information content (AvgIpc) is 2.53. The highest BCUT2D eigenvalue weighted by Gasteiger charge is 2.24. The first-order valence-electron chi connectivity index (χ1n) is 7.21. The van der Waals surface area contributed by atoms with Crippen molar-refractivity contribution in [3.05, 3.63) is 23.8 Å². The van der Waals surface area contributed by atoms with Gasteiger partial charge >= 0.3 is 0 Å². The third-order valence-corrected chi connectivity index (χ3v) is 3.78. The second-order valence-electron chi connectivity index (χ2n) is 4.72. The van der Waals surface area contributed by atoms with E-state index in [0.29, 0.717) is 29.5 Å². The highest BCUT2D eigenvalue weighted by atomic mass is 35.5. The lowest BCUT2D eigenvalue weighted by atomic mass is 10.1. The summed E-state index contributed by atoms with van der Waals surface area (Å²) in [5.74, 6) is 1.52. The van der Waals surface area contributed by atoms with Crippen molar-refractivity contribution < 1.29 is 14.3 Å². The van der Waals surface area contributed by atoms with Crippen molar-refractivity contribution in [2.75, 3.05) is 26.6 Å². The molecule has 0 heterocycles. The predicted octanol–water partition coefficient (Wildman–Crippen LogP) is 3.57. The molecule has 5 heteroatoms. The molecule has 0 atom stereocenters. The first-order valence-corrected chi connectivity index (χ1v) is 7.75. The van der Waals surface area contributed by atoms with Gasteiger partial charge in [-0.15, -0.1) is 11.6 Å². The van der Waals surface area contributed by atoms with Crippen LogP contribution >= 0.6 is 11.6 Å². The number of carbonyl (C=O) groups is 1. The highest BCUT2D eigenvalue weighted by Crippen LogP contribution is 2.26. The molecule has 0 unspecified atom stereocenters. The molecule has 0 aliphatic rings. The molecule has 4 nitrogen and oxygen atoms in total. The molecule has 118 valence electrons. The van der Waals surface area contributed by atoms with E-state index >= 15 is 0 Å². The second kappa shape index (κ2) is 8.78. The Hall–Kier alpha value is -1.42. The number of rotatable bonds is 8. The van der Waals surface area contributed by atoms with Crippen LogP contribution in [0.3, 0.4) is 0 Å². The number of nitrogens with zero attached hydrogens (tertiary/aromatic N) is 1. The largest absolute Gasteiger partial charge is 0.497 e. The number of hydrogen-bond donors (Lipinski definition) is 0. The van der Waals surface area contributed by atoms with Crippen LogP contribution in [-0.2, 0) is 0 Å². The standard InChI is InChI=1S/C16H24ClNO3/c1-5-12(6-2)18(10-9-17)16(19)14-11-13(20-3)7-8-15(14)21-4/h7-8,11-12H,5-6,9-10H2,1-4H3. The Morgan fingerprint density at radius 2 is 1.90 bits per heavy atom. The monoisotopic (exact) mass is 313 g/mol. The van der Waals surface area contributed by atoms with Gasteiger partial charge in [0.15, 0.2) is 0 Å². The normalized spacial score (nSPS) is 10.6. The molecule has 0 aliphatic heterocycles. The average molecular weight is 314 g/mol. The molecule has 1 aromatic carbocycles. The number of methoxy groups -OCH3 is 2. The van der Waals surface area contributed by atoms with Crippen molar-refractivity contribution in [3.63, 3.8) is 0 Å². The first kappa shape index (κ1) is 17.6. The lowest BCUT2D eigenvalue weighted by Crippen LogP contribution is -2.41. The zero-order chi connectivity index (χ0) is 15.8. The minimum Gasteiger partial charge on any atom is -0.497 e. The van der Waals surface area contributed by atoms with Crippen LogP contribution in [0.5, 0.6) is 11.5 Å². The summed E-state index contributed by atoms with van der Waals surface area (Å²) in [6.45, 7) is 4.67. The maximum absolute atomic E-state index is 12.9. The molecular formula is C16H24ClNO3. The Morgan fingerprint density at radius 3 is 2.38 bits per heavy atom. The van der Waals surface area contributed by atoms with E-state index in [2.05, 4.69) is 13.8 Å². The van der Waals surface area contributed by atoms with Crippen LogP contribution < -0.4 is 9.47 Å². The van der Waals surface area contributed by atoms with Gasteiger partial charge < -0.3 is 14.4 Å². The molecule has 1 aromatic rings. The minimum atomic E-state index is -0.0694. The zero-order valence-corrected chi connectivity index (χ0v) is 13.9. The molecule has 0 bridgehead atoms. The minimum absolute atomic E-state index is 0.0694. The van der Waals surface area contributed by atoms with Gasteiger partial charge in [-0.25, -0.2) is 0 Å². The Morgan fingerprint density at radius 1 is 1.24 bits per heavy atom. The Labute approximate surface area is 132 Å². The van der Waals surface area contributed by atoms with Crippen molar-refractivity contribution >= 4 is 17.5 Å². The second-order valence-corrected chi connectivity index (χ2v) is 5.10. The van der Waals surface area contributed by atoms with Crippen LogP contribution in [0, 0.1) is 0 Å². The Kier molecular flexibility index (Phi) is 7.37. The van der Waals surface area contributed by atoms with Gasteiger partial charge in [0.25, 0.3) is 5.91 Å². The van der Waals surface area contributed by atoms with Gasteiger partial charge in [0.2, 0.25) is 0 Å². The SMILES string of the molecule is CCC(CC)N(CCCl)C(=O)c1cc(OC)ccc1OC. The van der Waals surface area contributed by atoms with E-state index in [0.717, 1.165) is 12.8 Å². The summed E-state index contributed by atoms with van der Waals surface area (Å²) < 4.78 is 10.5. The summed E-state index contributed by atoms with van der Waals surface area (Å²) >= 11 is 5.87. The van der Waals surface area contributed by atoms with Crippen LogP contribution in [0.15, 0.2) is 18.2 Å². The molecule has 0 aromatic heterocycles. The number of ether oxygens (including phenoxy) is 2. The smallest absolute Gasteiger partial charge is 0.258 e. The molecule has 0 N–H and O–H groups in total. The van der Waals surface area contributed by atoms with E-state index < -0.39 is 0 Å². The molecule has 1 amide bonds. The van der Waals surface area contributed by atoms with E-state index in [4.69, 9.17) is 21.1 Å². The van der Waals surface area contributed by atoms with Gasteiger partial charge in [0, 0.05) is 18.5 Å². The molecule has 0 radical (unpaired) electrons. The maximum Gasteiger partial charge on any atom is 0.258 e. The summed E-state index contributed by atoms with van der Waals surface area (Å²) in [6.07, 6.45) is 1.79. The molecule has 21 heavy (non-hydrogen) atoms. The fraction of sp³-hybridized carbons (Fsp3) is 0.562. The van der Waals surface area contributed by atoms with E-state index in [1.54, 1.807) is 32.4 Å². The van der Waals surface area contributed by atoms with E-state index in [-0.39, 0.29) is 11.9 Å². The molecule has 0 saturated heterocycles. The van der Waals surface area contributed by atoms with Crippen LogP contribution in [0.2, 0.25) is 0 Å². The maximum atomic E-state index is 12.9. The summed E-state index contributed by atoms with van der Waals surface area (Å²) in [6, 6.07) is 5.41. The number of alkyl halides is 1. The van der Waals surface area contributed by atoms with Gasteiger partial charge in [-0.1, -0.05) is 13.8 Å². The summed E-state index contributed by atoms with van der Waals surface area (Å²) in [4.78, 5) is 14.7. The summed E-state index contributed by atoms with van der Waals surface area (Å²) in [7, 11) is 3.13. The highest BCUT2D eigenvalue weighted by molar-refractivity contribution is 6.18. The molecule has 0 fully saturated rings. The van der Waals surface area contributed by atoms with Crippen molar-refractivity contribution in [1.29, 1.82) is 0 Å². The third-order valence-electron chi connectivity index (χ3n) is 3.61. The quantitative estimate of drug-likeness (QED) is 0.689. The van der Waals surface area contributed by atoms with Gasteiger partial charge in [-0.3, -0.25) is 4.79 Å². The Bertz CT molecular complexity index is 461. The van der Waals surface area contributed by atoms with Crippen molar-refractivity contribution in [1.82, 2.24) is 4.90 Å². The van der Waals surface area contributed by atoms with Crippen LogP contribution in [-0.4, -0.2) is 43.5 Å². The van der Waals surface area contributed by atoms with Crippen LogP contribution in [0.1, 0.15) is 37.0 Å². The number of carbonyl (C=O) groups excluding carboxylic acids is 1. The fourth-order valence-electron chi connectivity index (χ4n) is 2.41.